The summed E-state index contributed by atoms with van der Waals surface area (Å²) in [6, 6.07) is 8.50. The molecule has 0 atom stereocenters. The molecule has 0 aliphatic carbocycles. The molecule has 0 saturated heterocycles. The van der Waals surface area contributed by atoms with Gasteiger partial charge in [-0.3, -0.25) is 4.99 Å². The van der Waals surface area contributed by atoms with E-state index in [0.29, 0.717) is 11.8 Å². The van der Waals surface area contributed by atoms with Crippen molar-refractivity contribution < 1.29 is 0 Å². The molecule has 0 unspecified atom stereocenters. The summed E-state index contributed by atoms with van der Waals surface area (Å²) >= 11 is 0. The molecule has 24 heavy (non-hydrogen) atoms. The summed E-state index contributed by atoms with van der Waals surface area (Å²) in [5, 5.41) is 4.40. The third-order valence-corrected chi connectivity index (χ3v) is 4.70. The fourth-order valence-electron chi connectivity index (χ4n) is 3.17. The minimum atomic E-state index is 0.410. The normalized spacial score (nSPS) is 13.8. The average Bonchev–Trinajstić information content (AvgIpc) is 3.17. The topological polar surface area (TPSA) is 42.5 Å². The van der Waals surface area contributed by atoms with Crippen LogP contribution in [0.4, 0.5) is 5.69 Å². The van der Waals surface area contributed by atoms with Gasteiger partial charge >= 0.3 is 0 Å². The molecule has 0 spiro atoms. The van der Waals surface area contributed by atoms with Crippen molar-refractivity contribution in [2.75, 3.05) is 0 Å². The second kappa shape index (κ2) is 5.55. The van der Waals surface area contributed by atoms with E-state index in [1.54, 1.807) is 0 Å². The van der Waals surface area contributed by atoms with Gasteiger partial charge in [0.1, 0.15) is 0 Å². The first kappa shape index (κ1) is 15.1. The molecule has 122 valence electrons. The zero-order valence-electron chi connectivity index (χ0n) is 14.6. The lowest BCUT2D eigenvalue weighted by Crippen LogP contribution is -2.06. The molecule has 0 N–H and O–H groups in total. The molecule has 0 saturated carbocycles. The second-order valence-electron chi connectivity index (χ2n) is 7.11. The van der Waals surface area contributed by atoms with E-state index in [0.717, 1.165) is 29.0 Å². The molecule has 4 heteroatoms. The Morgan fingerprint density at radius 3 is 2.62 bits per heavy atom. The summed E-state index contributed by atoms with van der Waals surface area (Å²) in [6.45, 7) is 8.75. The molecule has 4 nitrogen and oxygen atoms in total. The number of fused-ring (bicyclic) bond motifs is 2. The lowest BCUT2D eigenvalue weighted by molar-refractivity contribution is 0.871. The van der Waals surface area contributed by atoms with E-state index in [1.165, 1.54) is 16.8 Å². The molecule has 4 rings (SSSR count). The van der Waals surface area contributed by atoms with Crippen molar-refractivity contribution in [3.63, 3.8) is 0 Å². The molecule has 0 radical (unpaired) electrons. The molecular weight excluding hydrogens is 296 g/mol. The number of hydrogen-bond acceptors (Lipinski definition) is 3. The van der Waals surface area contributed by atoms with Crippen LogP contribution in [0.2, 0.25) is 0 Å². The van der Waals surface area contributed by atoms with Gasteiger partial charge in [0.25, 0.3) is 0 Å². The quantitative estimate of drug-likeness (QED) is 0.696. The van der Waals surface area contributed by atoms with Crippen molar-refractivity contribution in [2.45, 2.75) is 40.0 Å². The standard InChI is InChI=1S/C20H22N4/c1-12(2)16-11-21-24-8-7-18(23-20(16)24)14-5-6-17-15(9-14)10-19(22-17)13(3)4/h5-9,11-13H,10H2,1-4H3. The minimum Gasteiger partial charge on any atom is -0.257 e. The highest BCUT2D eigenvalue weighted by molar-refractivity contribution is 5.95. The second-order valence-corrected chi connectivity index (χ2v) is 7.11. The smallest absolute Gasteiger partial charge is 0.159 e. The van der Waals surface area contributed by atoms with Gasteiger partial charge in [0.2, 0.25) is 0 Å². The van der Waals surface area contributed by atoms with E-state index in [4.69, 9.17) is 9.98 Å². The lowest BCUT2D eigenvalue weighted by atomic mass is 10.00. The number of benzene rings is 1. The van der Waals surface area contributed by atoms with Crippen LogP contribution in [0.3, 0.4) is 0 Å². The van der Waals surface area contributed by atoms with Gasteiger partial charge < -0.3 is 0 Å². The molecule has 1 aliphatic rings. The van der Waals surface area contributed by atoms with Gasteiger partial charge in [-0.25, -0.2) is 9.50 Å². The zero-order valence-corrected chi connectivity index (χ0v) is 14.6. The van der Waals surface area contributed by atoms with Crippen LogP contribution < -0.4 is 0 Å². The molecule has 0 fully saturated rings. The van der Waals surface area contributed by atoms with E-state index < -0.39 is 0 Å². The summed E-state index contributed by atoms with van der Waals surface area (Å²) in [7, 11) is 0. The van der Waals surface area contributed by atoms with Crippen LogP contribution in [0.5, 0.6) is 0 Å². The van der Waals surface area contributed by atoms with Gasteiger partial charge in [-0.15, -0.1) is 0 Å². The number of aromatic nitrogens is 3. The predicted molar refractivity (Wildman–Crippen MR) is 98.1 cm³/mol. The molecule has 3 heterocycles. The van der Waals surface area contributed by atoms with Gasteiger partial charge in [0, 0.05) is 29.5 Å². The van der Waals surface area contributed by atoms with Crippen LogP contribution >= 0.6 is 0 Å². The third kappa shape index (κ3) is 2.42. The fourth-order valence-corrected chi connectivity index (χ4v) is 3.17. The summed E-state index contributed by atoms with van der Waals surface area (Å²) in [5.41, 5.74) is 7.94. The number of nitrogens with zero attached hydrogens (tertiary/aromatic N) is 4. The van der Waals surface area contributed by atoms with E-state index in [9.17, 15) is 0 Å². The van der Waals surface area contributed by atoms with Crippen LogP contribution in [-0.4, -0.2) is 20.3 Å². The molecule has 3 aromatic rings. The van der Waals surface area contributed by atoms with Crippen molar-refractivity contribution in [2.24, 2.45) is 10.9 Å². The summed E-state index contributed by atoms with van der Waals surface area (Å²) in [6.07, 6.45) is 4.86. The largest absolute Gasteiger partial charge is 0.257 e. The van der Waals surface area contributed by atoms with Crippen molar-refractivity contribution in [3.8, 4) is 11.3 Å². The van der Waals surface area contributed by atoms with Crippen LogP contribution in [0.1, 0.15) is 44.7 Å². The Kier molecular flexibility index (Phi) is 3.48. The first-order valence-corrected chi connectivity index (χ1v) is 8.58. The third-order valence-electron chi connectivity index (χ3n) is 4.70. The average molecular weight is 318 g/mol. The van der Waals surface area contributed by atoms with Crippen molar-refractivity contribution in [3.05, 3.63) is 47.8 Å². The highest BCUT2D eigenvalue weighted by atomic mass is 15.2. The highest BCUT2D eigenvalue weighted by Crippen LogP contribution is 2.32. The Balaban J connectivity index is 1.75. The molecule has 1 aromatic carbocycles. The van der Waals surface area contributed by atoms with Crippen molar-refractivity contribution in [1.82, 2.24) is 14.6 Å². The van der Waals surface area contributed by atoms with Crippen molar-refractivity contribution >= 4 is 17.0 Å². The molecule has 0 bridgehead atoms. The Morgan fingerprint density at radius 1 is 1.04 bits per heavy atom. The maximum atomic E-state index is 4.87. The number of hydrogen-bond donors (Lipinski definition) is 0. The zero-order chi connectivity index (χ0) is 16.8. The fraction of sp³-hybridized carbons (Fsp3) is 0.350. The Hall–Kier alpha value is -2.49. The Labute approximate surface area is 142 Å². The van der Waals surface area contributed by atoms with Gasteiger partial charge in [0.15, 0.2) is 5.65 Å². The van der Waals surface area contributed by atoms with E-state index in [-0.39, 0.29) is 0 Å². The molecule has 2 aromatic heterocycles. The van der Waals surface area contributed by atoms with Crippen LogP contribution in [-0.2, 0) is 6.42 Å². The SMILES string of the molecule is CC(C)C1=Nc2ccc(-c3ccn4ncc(C(C)C)c4n3)cc2C1. The first-order valence-electron chi connectivity index (χ1n) is 8.58. The predicted octanol–water partition coefficient (Wildman–Crippen LogP) is 4.80. The summed E-state index contributed by atoms with van der Waals surface area (Å²) in [5.74, 6) is 0.906. The Bertz CT molecular complexity index is 947. The van der Waals surface area contributed by atoms with E-state index in [2.05, 4.69) is 51.0 Å². The number of aliphatic imine (C=N–C) groups is 1. The maximum absolute atomic E-state index is 4.87. The number of rotatable bonds is 3. The van der Waals surface area contributed by atoms with Gasteiger partial charge in [0.05, 0.1) is 17.6 Å². The summed E-state index contributed by atoms with van der Waals surface area (Å²) in [4.78, 5) is 9.62. The minimum absolute atomic E-state index is 0.410. The lowest BCUT2D eigenvalue weighted by Gasteiger charge is -2.06. The van der Waals surface area contributed by atoms with Crippen LogP contribution in [0, 0.1) is 5.92 Å². The monoisotopic (exact) mass is 318 g/mol. The first-order chi connectivity index (χ1) is 11.5. The molecule has 0 amide bonds. The van der Waals surface area contributed by atoms with E-state index in [1.807, 2.05) is 23.0 Å². The molecular formula is C20H22N4. The van der Waals surface area contributed by atoms with Crippen molar-refractivity contribution in [1.29, 1.82) is 0 Å². The van der Waals surface area contributed by atoms with Gasteiger partial charge in [-0.2, -0.15) is 5.10 Å². The molecule has 1 aliphatic heterocycles. The summed E-state index contributed by atoms with van der Waals surface area (Å²) < 4.78 is 1.85. The van der Waals surface area contributed by atoms with E-state index >= 15 is 0 Å². The van der Waals surface area contributed by atoms with Gasteiger partial charge in [-0.05, 0) is 35.6 Å². The maximum Gasteiger partial charge on any atom is 0.159 e. The van der Waals surface area contributed by atoms with Crippen LogP contribution in [0.25, 0.3) is 16.9 Å². The highest BCUT2D eigenvalue weighted by Gasteiger charge is 2.18. The Morgan fingerprint density at radius 2 is 1.88 bits per heavy atom. The van der Waals surface area contributed by atoms with Gasteiger partial charge in [-0.1, -0.05) is 33.8 Å². The van der Waals surface area contributed by atoms with Crippen LogP contribution in [0.15, 0.2) is 41.7 Å².